The molecule has 0 saturated heterocycles. The predicted molar refractivity (Wildman–Crippen MR) is 122 cm³/mol. The summed E-state index contributed by atoms with van der Waals surface area (Å²) in [6, 6.07) is 15.2. The van der Waals surface area contributed by atoms with Crippen LogP contribution in [0.25, 0.3) is 10.1 Å². The monoisotopic (exact) mass is 428 g/mol. The van der Waals surface area contributed by atoms with Crippen molar-refractivity contribution in [2.75, 3.05) is 12.4 Å². The smallest absolute Gasteiger partial charge is 0.189 e. The van der Waals surface area contributed by atoms with E-state index in [1.54, 1.807) is 41.3 Å². The Bertz CT molecular complexity index is 1080. The predicted octanol–water partition coefficient (Wildman–Crippen LogP) is 6.39. The molecule has 0 spiro atoms. The third kappa shape index (κ3) is 5.54. The average Bonchev–Trinajstić information content (AvgIpc) is 2.64. The van der Waals surface area contributed by atoms with Gasteiger partial charge in [0, 0.05) is 21.2 Å². The van der Waals surface area contributed by atoms with E-state index in [0.29, 0.717) is 22.8 Å². The molecule has 2 aromatic carbocycles. The van der Waals surface area contributed by atoms with Crippen LogP contribution in [0, 0.1) is 11.8 Å². The van der Waals surface area contributed by atoms with Crippen LogP contribution < -0.4 is 10.2 Å². The lowest BCUT2D eigenvalue weighted by Gasteiger charge is -2.18. The van der Waals surface area contributed by atoms with Crippen molar-refractivity contribution in [3.05, 3.63) is 69.3 Å². The molecule has 0 aliphatic carbocycles. The fourth-order valence-corrected chi connectivity index (χ4v) is 4.83. The Morgan fingerprint density at radius 1 is 1.07 bits per heavy atom. The van der Waals surface area contributed by atoms with Gasteiger partial charge >= 0.3 is 0 Å². The highest BCUT2D eigenvalue weighted by atomic mass is 35.5. The van der Waals surface area contributed by atoms with Gasteiger partial charge < -0.3 is 4.74 Å². The average molecular weight is 429 g/mol. The molecule has 1 heterocycles. The third-order valence-corrected chi connectivity index (χ3v) is 6.52. The summed E-state index contributed by atoms with van der Waals surface area (Å²) in [4.78, 5) is 12.2. The van der Waals surface area contributed by atoms with Crippen LogP contribution in [0.2, 0.25) is 5.02 Å². The molecule has 0 aliphatic rings. The number of hydrogen-bond donors (Lipinski definition) is 0. The Morgan fingerprint density at radius 3 is 2.54 bits per heavy atom. The minimum absolute atomic E-state index is 0.0166. The molecule has 144 valence electrons. The van der Waals surface area contributed by atoms with Crippen molar-refractivity contribution in [2.24, 2.45) is 0 Å². The molecular weight excluding hydrogens is 408 g/mol. The second kappa shape index (κ2) is 9.05. The summed E-state index contributed by atoms with van der Waals surface area (Å²) in [5, 5.41) is 1.34. The third-order valence-electron chi connectivity index (χ3n) is 4.11. The van der Waals surface area contributed by atoms with Gasteiger partial charge in [0.25, 0.3) is 0 Å². The number of hydrogen-bond acceptors (Lipinski definition) is 4. The number of thioether (sulfide) groups is 1. The van der Waals surface area contributed by atoms with Gasteiger partial charge in [-0.15, -0.1) is 23.1 Å². The molecule has 0 saturated carbocycles. The number of fused-ring (bicyclic) bond motifs is 1. The van der Waals surface area contributed by atoms with E-state index in [4.69, 9.17) is 16.3 Å². The van der Waals surface area contributed by atoms with Gasteiger partial charge in [-0.25, -0.2) is 0 Å². The summed E-state index contributed by atoms with van der Waals surface area (Å²) in [5.74, 6) is 7.53. The van der Waals surface area contributed by atoms with Crippen molar-refractivity contribution in [3.63, 3.8) is 0 Å². The maximum absolute atomic E-state index is 12.2. The molecule has 0 bridgehead atoms. The second-order valence-electron chi connectivity index (χ2n) is 7.28. The van der Waals surface area contributed by atoms with Crippen molar-refractivity contribution in [1.29, 1.82) is 0 Å². The fourth-order valence-electron chi connectivity index (χ4n) is 2.56. The van der Waals surface area contributed by atoms with Crippen LogP contribution in [0.1, 0.15) is 26.3 Å². The standard InChI is InChI=1S/C23H21ClO2S2/c1-23(2,3)16-6-9-18(10-7-16)26-12-4-5-13-27-22-15-20(25)19-11-8-17(24)14-21(19)28-22/h6-11,14-15H,12-13H2,1-3H3. The molecular formula is C23H21ClO2S2. The highest BCUT2D eigenvalue weighted by Gasteiger charge is 2.12. The minimum Gasteiger partial charge on any atom is -0.481 e. The maximum atomic E-state index is 12.2. The van der Waals surface area contributed by atoms with Crippen LogP contribution in [0.15, 0.2) is 57.5 Å². The van der Waals surface area contributed by atoms with Crippen LogP contribution in [0.5, 0.6) is 5.75 Å². The van der Waals surface area contributed by atoms with E-state index < -0.39 is 0 Å². The van der Waals surface area contributed by atoms with Gasteiger partial charge in [0.1, 0.15) is 12.4 Å². The lowest BCUT2D eigenvalue weighted by Crippen LogP contribution is -2.10. The number of benzene rings is 2. The Kier molecular flexibility index (Phi) is 6.72. The van der Waals surface area contributed by atoms with Gasteiger partial charge in [-0.2, -0.15) is 0 Å². The van der Waals surface area contributed by atoms with E-state index in [-0.39, 0.29) is 10.8 Å². The molecule has 0 amide bonds. The molecule has 28 heavy (non-hydrogen) atoms. The SMILES string of the molecule is CC(C)(C)c1ccc(OCC#CCSc2cc(=O)c3ccc(Cl)cc3s2)cc1. The molecule has 0 unspecified atom stereocenters. The summed E-state index contributed by atoms with van der Waals surface area (Å²) >= 11 is 9.14. The molecule has 3 rings (SSSR count). The normalized spacial score (nSPS) is 11.1. The van der Waals surface area contributed by atoms with Crippen LogP contribution >= 0.6 is 34.7 Å². The molecule has 1 aromatic heterocycles. The molecule has 2 nitrogen and oxygen atoms in total. The van der Waals surface area contributed by atoms with Crippen molar-refractivity contribution in [2.45, 2.75) is 30.4 Å². The number of rotatable bonds is 4. The molecule has 0 radical (unpaired) electrons. The van der Waals surface area contributed by atoms with Crippen molar-refractivity contribution >= 4 is 44.8 Å². The topological polar surface area (TPSA) is 26.3 Å². The Labute approximate surface area is 178 Å². The molecule has 0 N–H and O–H groups in total. The van der Waals surface area contributed by atoms with E-state index in [1.165, 1.54) is 5.56 Å². The van der Waals surface area contributed by atoms with Crippen molar-refractivity contribution in [3.8, 4) is 17.6 Å². The summed E-state index contributed by atoms with van der Waals surface area (Å²) in [7, 11) is 0. The zero-order valence-electron chi connectivity index (χ0n) is 16.0. The molecule has 5 heteroatoms. The number of halogens is 1. The highest BCUT2D eigenvalue weighted by Crippen LogP contribution is 2.28. The van der Waals surface area contributed by atoms with Crippen LogP contribution in [-0.4, -0.2) is 12.4 Å². The molecule has 0 aliphatic heterocycles. The molecule has 0 atom stereocenters. The van der Waals surface area contributed by atoms with E-state index in [0.717, 1.165) is 14.7 Å². The first-order valence-electron chi connectivity index (χ1n) is 8.88. The Balaban J connectivity index is 1.53. The van der Waals surface area contributed by atoms with Gasteiger partial charge in [-0.3, -0.25) is 4.79 Å². The fraction of sp³-hybridized carbons (Fsp3) is 0.261. The highest BCUT2D eigenvalue weighted by molar-refractivity contribution is 8.01. The van der Waals surface area contributed by atoms with E-state index in [9.17, 15) is 4.79 Å². The zero-order valence-corrected chi connectivity index (χ0v) is 18.4. The summed E-state index contributed by atoms with van der Waals surface area (Å²) in [6.45, 7) is 6.91. The van der Waals surface area contributed by atoms with Crippen LogP contribution in [-0.2, 0) is 5.41 Å². The first-order chi connectivity index (χ1) is 13.3. The molecule has 0 fully saturated rings. The van der Waals surface area contributed by atoms with Crippen LogP contribution in [0.3, 0.4) is 0 Å². The summed E-state index contributed by atoms with van der Waals surface area (Å²) in [6.07, 6.45) is 0. The Morgan fingerprint density at radius 2 is 1.82 bits per heavy atom. The minimum atomic E-state index is 0.0166. The van der Waals surface area contributed by atoms with E-state index >= 15 is 0 Å². The lowest BCUT2D eigenvalue weighted by molar-refractivity contribution is 0.370. The Hall–Kier alpha value is -1.93. The number of ether oxygens (including phenoxy) is 1. The van der Waals surface area contributed by atoms with Gasteiger partial charge in [-0.1, -0.05) is 56.3 Å². The molecule has 3 aromatic rings. The van der Waals surface area contributed by atoms with Gasteiger partial charge in [0.15, 0.2) is 5.43 Å². The van der Waals surface area contributed by atoms with Gasteiger partial charge in [0.05, 0.1) is 9.96 Å². The largest absolute Gasteiger partial charge is 0.481 e. The van der Waals surface area contributed by atoms with E-state index in [1.807, 2.05) is 18.2 Å². The first kappa shape index (κ1) is 20.8. The van der Waals surface area contributed by atoms with Crippen molar-refractivity contribution in [1.82, 2.24) is 0 Å². The van der Waals surface area contributed by atoms with Crippen molar-refractivity contribution < 1.29 is 4.74 Å². The summed E-state index contributed by atoms with van der Waals surface area (Å²) < 4.78 is 7.51. The van der Waals surface area contributed by atoms with Crippen LogP contribution in [0.4, 0.5) is 0 Å². The van der Waals surface area contributed by atoms with Gasteiger partial charge in [-0.05, 0) is 41.3 Å². The van der Waals surface area contributed by atoms with Gasteiger partial charge in [0.2, 0.25) is 0 Å². The van der Waals surface area contributed by atoms with E-state index in [2.05, 4.69) is 44.7 Å². The first-order valence-corrected chi connectivity index (χ1v) is 11.1. The zero-order chi connectivity index (χ0) is 20.1. The quantitative estimate of drug-likeness (QED) is 0.356. The maximum Gasteiger partial charge on any atom is 0.189 e. The lowest BCUT2D eigenvalue weighted by atomic mass is 9.87. The summed E-state index contributed by atoms with van der Waals surface area (Å²) in [5.41, 5.74) is 1.43. The second-order valence-corrected chi connectivity index (χ2v) is 10.1.